The number of fused-ring (bicyclic) bond motifs is 1. The highest BCUT2D eigenvalue weighted by atomic mass is 32.1. The number of hydrogen-bond acceptors (Lipinski definition) is 4. The Labute approximate surface area is 96.2 Å². The maximum atomic E-state index is 11.5. The third-order valence-corrected chi connectivity index (χ3v) is 3.20. The summed E-state index contributed by atoms with van der Waals surface area (Å²) in [7, 11) is 1.64. The van der Waals surface area contributed by atoms with E-state index >= 15 is 0 Å². The summed E-state index contributed by atoms with van der Waals surface area (Å²) in [6.45, 7) is 1.26. The van der Waals surface area contributed by atoms with Crippen molar-refractivity contribution in [3.63, 3.8) is 0 Å². The number of rotatable bonds is 4. The SMILES string of the molecule is COCCC[n+]1c(O)cc(=O)n2ccsc21. The first-order valence-corrected chi connectivity index (χ1v) is 5.82. The summed E-state index contributed by atoms with van der Waals surface area (Å²) in [5.74, 6) is 0.00329. The number of aromatic hydroxyl groups is 1. The third-order valence-electron chi connectivity index (χ3n) is 2.32. The lowest BCUT2D eigenvalue weighted by atomic mass is 10.4. The Morgan fingerprint density at radius 3 is 3.19 bits per heavy atom. The van der Waals surface area contributed by atoms with Crippen molar-refractivity contribution in [2.24, 2.45) is 0 Å². The standard InChI is InChI=1S/C10H12N2O3S/c1-15-5-2-3-11-8(13)7-9(14)12-4-6-16-10(11)12/h4,6-7H,2-3,5H2,1H3/p+1. The molecule has 0 unspecified atom stereocenters. The second kappa shape index (κ2) is 4.63. The lowest BCUT2D eigenvalue weighted by molar-refractivity contribution is -0.679. The Morgan fingerprint density at radius 1 is 1.62 bits per heavy atom. The van der Waals surface area contributed by atoms with Crippen molar-refractivity contribution in [1.82, 2.24) is 4.40 Å². The maximum absolute atomic E-state index is 11.5. The Bertz CT molecular complexity index is 546. The van der Waals surface area contributed by atoms with E-state index < -0.39 is 0 Å². The van der Waals surface area contributed by atoms with Crippen molar-refractivity contribution in [3.8, 4) is 5.88 Å². The molecule has 2 aromatic rings. The first-order valence-electron chi connectivity index (χ1n) is 4.94. The molecule has 0 saturated heterocycles. The zero-order chi connectivity index (χ0) is 11.5. The largest absolute Gasteiger partial charge is 0.478 e. The molecule has 0 aromatic carbocycles. The summed E-state index contributed by atoms with van der Waals surface area (Å²) in [6.07, 6.45) is 2.50. The zero-order valence-corrected chi connectivity index (χ0v) is 9.74. The molecule has 0 bridgehead atoms. The van der Waals surface area contributed by atoms with E-state index in [1.165, 1.54) is 21.8 Å². The van der Waals surface area contributed by atoms with E-state index in [9.17, 15) is 9.90 Å². The molecule has 0 saturated carbocycles. The zero-order valence-electron chi connectivity index (χ0n) is 8.92. The maximum Gasteiger partial charge on any atom is 0.351 e. The summed E-state index contributed by atoms with van der Waals surface area (Å²) in [5.41, 5.74) is -0.211. The number of aromatic nitrogens is 2. The van der Waals surface area contributed by atoms with Crippen LogP contribution in [0.4, 0.5) is 0 Å². The van der Waals surface area contributed by atoms with E-state index in [2.05, 4.69) is 0 Å². The molecule has 0 fully saturated rings. The van der Waals surface area contributed by atoms with Gasteiger partial charge in [-0.1, -0.05) is 11.3 Å². The number of nitrogens with zero attached hydrogens (tertiary/aromatic N) is 2. The summed E-state index contributed by atoms with van der Waals surface area (Å²) >= 11 is 1.43. The molecule has 0 radical (unpaired) electrons. The van der Waals surface area contributed by atoms with Crippen LogP contribution in [-0.4, -0.2) is 23.2 Å². The lowest BCUT2D eigenvalue weighted by Crippen LogP contribution is -2.38. The van der Waals surface area contributed by atoms with Crippen LogP contribution < -0.4 is 10.1 Å². The molecule has 16 heavy (non-hydrogen) atoms. The van der Waals surface area contributed by atoms with E-state index in [0.717, 1.165) is 11.4 Å². The Hall–Kier alpha value is -1.40. The molecule has 0 atom stereocenters. The summed E-state index contributed by atoms with van der Waals surface area (Å²) < 4.78 is 8.20. The second-order valence-electron chi connectivity index (χ2n) is 3.39. The molecule has 2 rings (SSSR count). The number of thiazole rings is 1. The van der Waals surface area contributed by atoms with Gasteiger partial charge in [0.25, 0.3) is 5.88 Å². The minimum atomic E-state index is -0.211. The van der Waals surface area contributed by atoms with E-state index in [-0.39, 0.29) is 11.4 Å². The molecule has 0 amide bonds. The Morgan fingerprint density at radius 2 is 2.44 bits per heavy atom. The van der Waals surface area contributed by atoms with E-state index in [1.807, 2.05) is 5.38 Å². The van der Waals surface area contributed by atoms with Gasteiger partial charge in [0, 0.05) is 25.5 Å². The third kappa shape index (κ3) is 1.94. The van der Waals surface area contributed by atoms with Gasteiger partial charge < -0.3 is 9.84 Å². The minimum absolute atomic E-state index is 0.00329. The fraction of sp³-hybridized carbons (Fsp3) is 0.400. The summed E-state index contributed by atoms with van der Waals surface area (Å²) in [5, 5.41) is 11.5. The van der Waals surface area contributed by atoms with Gasteiger partial charge in [0.2, 0.25) is 0 Å². The summed E-state index contributed by atoms with van der Waals surface area (Å²) in [4.78, 5) is 12.3. The van der Waals surface area contributed by atoms with Crippen LogP contribution in [0.2, 0.25) is 0 Å². The molecule has 2 heterocycles. The van der Waals surface area contributed by atoms with Crippen LogP contribution in [0.25, 0.3) is 4.96 Å². The van der Waals surface area contributed by atoms with Gasteiger partial charge in [0.15, 0.2) is 0 Å². The van der Waals surface area contributed by atoms with Gasteiger partial charge in [-0.3, -0.25) is 0 Å². The highest BCUT2D eigenvalue weighted by Crippen LogP contribution is 2.08. The Balaban J connectivity index is 2.42. The number of hydrogen-bond donors (Lipinski definition) is 1. The quantitative estimate of drug-likeness (QED) is 0.622. The molecule has 0 aliphatic rings. The Kier molecular flexibility index (Phi) is 3.21. The highest BCUT2D eigenvalue weighted by molar-refractivity contribution is 7.14. The van der Waals surface area contributed by atoms with Crippen molar-refractivity contribution in [2.75, 3.05) is 13.7 Å². The lowest BCUT2D eigenvalue weighted by Gasteiger charge is -2.02. The topological polar surface area (TPSA) is 54.8 Å². The van der Waals surface area contributed by atoms with Gasteiger partial charge >= 0.3 is 10.5 Å². The molecular weight excluding hydrogens is 228 g/mol. The van der Waals surface area contributed by atoms with Crippen LogP contribution >= 0.6 is 11.3 Å². The molecule has 0 aliphatic carbocycles. The minimum Gasteiger partial charge on any atom is -0.478 e. The molecule has 2 aromatic heterocycles. The van der Waals surface area contributed by atoms with Crippen LogP contribution in [0, 0.1) is 0 Å². The van der Waals surface area contributed by atoms with Gasteiger partial charge in [-0.05, 0) is 0 Å². The fourth-order valence-corrected chi connectivity index (χ4v) is 2.45. The van der Waals surface area contributed by atoms with Gasteiger partial charge in [-0.2, -0.15) is 8.97 Å². The van der Waals surface area contributed by atoms with Gasteiger partial charge in [-0.25, -0.2) is 4.79 Å². The van der Waals surface area contributed by atoms with E-state index in [1.54, 1.807) is 17.9 Å². The smallest absolute Gasteiger partial charge is 0.351 e. The van der Waals surface area contributed by atoms with Crippen LogP contribution in [-0.2, 0) is 11.3 Å². The van der Waals surface area contributed by atoms with Crippen LogP contribution in [0.3, 0.4) is 0 Å². The van der Waals surface area contributed by atoms with Gasteiger partial charge in [-0.15, -0.1) is 0 Å². The molecule has 0 spiro atoms. The molecule has 0 aliphatic heterocycles. The van der Waals surface area contributed by atoms with Crippen LogP contribution in [0.15, 0.2) is 22.4 Å². The first kappa shape index (κ1) is 11.1. The van der Waals surface area contributed by atoms with Crippen molar-refractivity contribution in [2.45, 2.75) is 13.0 Å². The number of ether oxygens (including phenoxy) is 1. The first-order chi connectivity index (χ1) is 7.74. The van der Waals surface area contributed by atoms with Crippen molar-refractivity contribution >= 4 is 16.3 Å². The summed E-state index contributed by atoms with van der Waals surface area (Å²) in [6, 6.07) is 1.23. The second-order valence-corrected chi connectivity index (χ2v) is 4.27. The van der Waals surface area contributed by atoms with E-state index in [0.29, 0.717) is 13.2 Å². The normalized spacial score (nSPS) is 11.1. The van der Waals surface area contributed by atoms with Crippen molar-refractivity contribution in [1.29, 1.82) is 0 Å². The fourth-order valence-electron chi connectivity index (χ4n) is 1.57. The highest BCUT2D eigenvalue weighted by Gasteiger charge is 2.16. The van der Waals surface area contributed by atoms with E-state index in [4.69, 9.17) is 4.74 Å². The molecule has 1 N–H and O–H groups in total. The number of methoxy groups -OCH3 is 1. The average Bonchev–Trinajstić information content (AvgIpc) is 2.72. The predicted octanol–water partition coefficient (Wildman–Crippen LogP) is 0.391. The number of aryl methyl sites for hydroxylation is 1. The molecule has 86 valence electrons. The molecule has 5 nitrogen and oxygen atoms in total. The van der Waals surface area contributed by atoms with Crippen molar-refractivity contribution < 1.29 is 14.4 Å². The van der Waals surface area contributed by atoms with Crippen molar-refractivity contribution in [3.05, 3.63) is 28.0 Å². The van der Waals surface area contributed by atoms with Crippen LogP contribution in [0.5, 0.6) is 5.88 Å². The average molecular weight is 241 g/mol. The van der Waals surface area contributed by atoms with Gasteiger partial charge in [0.05, 0.1) is 6.54 Å². The van der Waals surface area contributed by atoms with Gasteiger partial charge in [0.1, 0.15) is 12.3 Å². The van der Waals surface area contributed by atoms with Crippen LogP contribution in [0.1, 0.15) is 6.42 Å². The predicted molar refractivity (Wildman–Crippen MR) is 59.9 cm³/mol. The monoisotopic (exact) mass is 241 g/mol. The molecule has 6 heteroatoms. The molecular formula is C10H13N2O3S+.